The van der Waals surface area contributed by atoms with E-state index in [0.717, 1.165) is 18.7 Å². The first-order valence-corrected chi connectivity index (χ1v) is 5.68. The molecule has 0 spiro atoms. The highest BCUT2D eigenvalue weighted by molar-refractivity contribution is 5.77. The lowest BCUT2D eigenvalue weighted by Crippen LogP contribution is -2.33. The molecular formula is C12H19N3O. The van der Waals surface area contributed by atoms with E-state index in [-0.39, 0.29) is 5.91 Å². The van der Waals surface area contributed by atoms with Crippen LogP contribution in [0.1, 0.15) is 25.1 Å². The van der Waals surface area contributed by atoms with Crippen molar-refractivity contribution in [1.82, 2.24) is 15.6 Å². The SMILES string of the molecule is CCNCC(=O)NCc1ncccc1CC. The van der Waals surface area contributed by atoms with E-state index >= 15 is 0 Å². The molecule has 0 aromatic carbocycles. The highest BCUT2D eigenvalue weighted by atomic mass is 16.1. The van der Waals surface area contributed by atoms with E-state index in [1.54, 1.807) is 6.20 Å². The van der Waals surface area contributed by atoms with Crippen LogP contribution in [0.2, 0.25) is 0 Å². The fraction of sp³-hybridized carbons (Fsp3) is 0.500. The monoisotopic (exact) mass is 221 g/mol. The van der Waals surface area contributed by atoms with Gasteiger partial charge in [0.2, 0.25) is 5.91 Å². The molecule has 0 bridgehead atoms. The van der Waals surface area contributed by atoms with Crippen LogP contribution in [0.4, 0.5) is 0 Å². The van der Waals surface area contributed by atoms with Crippen LogP contribution in [0.15, 0.2) is 18.3 Å². The summed E-state index contributed by atoms with van der Waals surface area (Å²) in [7, 11) is 0. The van der Waals surface area contributed by atoms with Crippen molar-refractivity contribution >= 4 is 5.91 Å². The maximum Gasteiger partial charge on any atom is 0.234 e. The third kappa shape index (κ3) is 3.98. The Kier molecular flexibility index (Phi) is 5.50. The zero-order valence-corrected chi connectivity index (χ0v) is 9.92. The lowest BCUT2D eigenvalue weighted by atomic mass is 10.1. The summed E-state index contributed by atoms with van der Waals surface area (Å²) in [6.07, 6.45) is 2.69. The maximum absolute atomic E-state index is 11.4. The molecule has 1 rings (SSSR count). The highest BCUT2D eigenvalue weighted by Crippen LogP contribution is 2.05. The van der Waals surface area contributed by atoms with Crippen LogP contribution in [0.5, 0.6) is 0 Å². The number of pyridine rings is 1. The zero-order valence-electron chi connectivity index (χ0n) is 9.92. The molecule has 2 N–H and O–H groups in total. The van der Waals surface area contributed by atoms with E-state index in [0.29, 0.717) is 13.1 Å². The second kappa shape index (κ2) is 6.95. The average molecular weight is 221 g/mol. The number of likely N-dealkylation sites (N-methyl/N-ethyl adjacent to an activating group) is 1. The predicted octanol–water partition coefficient (Wildman–Crippen LogP) is 0.870. The Morgan fingerprint density at radius 3 is 2.94 bits per heavy atom. The summed E-state index contributed by atoms with van der Waals surface area (Å²) in [5, 5.41) is 5.82. The number of hydrogen-bond donors (Lipinski definition) is 2. The fourth-order valence-electron chi connectivity index (χ4n) is 1.44. The molecule has 0 unspecified atom stereocenters. The number of nitrogens with zero attached hydrogens (tertiary/aromatic N) is 1. The third-order valence-corrected chi connectivity index (χ3v) is 2.35. The molecule has 1 aromatic rings. The Bertz CT molecular complexity index is 339. The van der Waals surface area contributed by atoms with Gasteiger partial charge in [0.05, 0.1) is 18.8 Å². The van der Waals surface area contributed by atoms with Crippen molar-refractivity contribution in [2.24, 2.45) is 0 Å². The molecule has 0 radical (unpaired) electrons. The van der Waals surface area contributed by atoms with Crippen molar-refractivity contribution in [3.05, 3.63) is 29.6 Å². The fourth-order valence-corrected chi connectivity index (χ4v) is 1.44. The van der Waals surface area contributed by atoms with Gasteiger partial charge in [-0.2, -0.15) is 0 Å². The highest BCUT2D eigenvalue weighted by Gasteiger charge is 2.03. The van der Waals surface area contributed by atoms with Crippen molar-refractivity contribution in [3.63, 3.8) is 0 Å². The Balaban J connectivity index is 2.44. The quantitative estimate of drug-likeness (QED) is 0.749. The predicted molar refractivity (Wildman–Crippen MR) is 64.0 cm³/mol. The van der Waals surface area contributed by atoms with Gasteiger partial charge >= 0.3 is 0 Å². The van der Waals surface area contributed by atoms with Crippen molar-refractivity contribution in [3.8, 4) is 0 Å². The molecule has 4 heteroatoms. The summed E-state index contributed by atoms with van der Waals surface area (Å²) >= 11 is 0. The van der Waals surface area contributed by atoms with Crippen LogP contribution >= 0.6 is 0 Å². The molecule has 0 fully saturated rings. The standard InChI is InChI=1S/C12H19N3O/c1-3-10-6-5-7-14-11(10)8-15-12(16)9-13-4-2/h5-7,13H,3-4,8-9H2,1-2H3,(H,15,16). The molecule has 0 atom stereocenters. The van der Waals surface area contributed by atoms with Gasteiger partial charge in [-0.15, -0.1) is 0 Å². The minimum absolute atomic E-state index is 0.00885. The van der Waals surface area contributed by atoms with Gasteiger partial charge in [-0.25, -0.2) is 0 Å². The van der Waals surface area contributed by atoms with Gasteiger partial charge in [0.25, 0.3) is 0 Å². The number of rotatable bonds is 6. The molecule has 1 heterocycles. The van der Waals surface area contributed by atoms with Crippen molar-refractivity contribution in [2.75, 3.05) is 13.1 Å². The Hall–Kier alpha value is -1.42. The minimum Gasteiger partial charge on any atom is -0.349 e. The van der Waals surface area contributed by atoms with E-state index < -0.39 is 0 Å². The Morgan fingerprint density at radius 1 is 1.44 bits per heavy atom. The number of aryl methyl sites for hydroxylation is 1. The summed E-state index contributed by atoms with van der Waals surface area (Å²) in [4.78, 5) is 15.6. The van der Waals surface area contributed by atoms with Crippen LogP contribution in [-0.2, 0) is 17.8 Å². The molecule has 4 nitrogen and oxygen atoms in total. The van der Waals surface area contributed by atoms with Crippen molar-refractivity contribution < 1.29 is 4.79 Å². The van der Waals surface area contributed by atoms with Crippen molar-refractivity contribution in [2.45, 2.75) is 26.8 Å². The first kappa shape index (κ1) is 12.6. The smallest absolute Gasteiger partial charge is 0.234 e. The number of aromatic nitrogens is 1. The van der Waals surface area contributed by atoms with Gasteiger partial charge in [-0.3, -0.25) is 9.78 Å². The first-order chi connectivity index (χ1) is 7.77. The third-order valence-electron chi connectivity index (χ3n) is 2.35. The topological polar surface area (TPSA) is 54.0 Å². The molecule has 1 amide bonds. The number of hydrogen-bond acceptors (Lipinski definition) is 3. The second-order valence-electron chi connectivity index (χ2n) is 3.52. The molecule has 0 aliphatic rings. The van der Waals surface area contributed by atoms with Crippen molar-refractivity contribution in [1.29, 1.82) is 0 Å². The van der Waals surface area contributed by atoms with Crippen LogP contribution in [-0.4, -0.2) is 24.0 Å². The Labute approximate surface area is 96.5 Å². The van der Waals surface area contributed by atoms with Crippen LogP contribution in [0.25, 0.3) is 0 Å². The normalized spacial score (nSPS) is 10.1. The van der Waals surface area contributed by atoms with E-state index in [2.05, 4.69) is 22.5 Å². The largest absolute Gasteiger partial charge is 0.349 e. The lowest BCUT2D eigenvalue weighted by Gasteiger charge is -2.08. The van der Waals surface area contributed by atoms with E-state index in [1.165, 1.54) is 5.56 Å². The van der Waals surface area contributed by atoms with Gasteiger partial charge in [0.1, 0.15) is 0 Å². The first-order valence-electron chi connectivity index (χ1n) is 5.68. The number of carbonyl (C=O) groups is 1. The molecule has 88 valence electrons. The number of carbonyl (C=O) groups excluding carboxylic acids is 1. The lowest BCUT2D eigenvalue weighted by molar-refractivity contribution is -0.120. The molecule has 0 saturated heterocycles. The maximum atomic E-state index is 11.4. The van der Waals surface area contributed by atoms with Gasteiger partial charge in [0, 0.05) is 6.20 Å². The van der Waals surface area contributed by atoms with E-state index in [9.17, 15) is 4.79 Å². The van der Waals surface area contributed by atoms with Gasteiger partial charge in [0.15, 0.2) is 0 Å². The van der Waals surface area contributed by atoms with E-state index in [1.807, 2.05) is 19.1 Å². The summed E-state index contributed by atoms with van der Waals surface area (Å²) in [5.74, 6) is 0.00885. The molecule has 0 saturated carbocycles. The van der Waals surface area contributed by atoms with Crippen LogP contribution in [0, 0.1) is 0 Å². The van der Waals surface area contributed by atoms with Crippen LogP contribution < -0.4 is 10.6 Å². The van der Waals surface area contributed by atoms with Gasteiger partial charge in [-0.05, 0) is 24.6 Å². The number of amides is 1. The summed E-state index contributed by atoms with van der Waals surface area (Å²) in [6, 6.07) is 3.96. The van der Waals surface area contributed by atoms with Gasteiger partial charge in [-0.1, -0.05) is 19.9 Å². The molecule has 0 aliphatic carbocycles. The molecule has 0 aliphatic heterocycles. The van der Waals surface area contributed by atoms with Gasteiger partial charge < -0.3 is 10.6 Å². The average Bonchev–Trinajstić information content (AvgIpc) is 2.34. The minimum atomic E-state index is 0.00885. The molecule has 16 heavy (non-hydrogen) atoms. The van der Waals surface area contributed by atoms with E-state index in [4.69, 9.17) is 0 Å². The molecule has 1 aromatic heterocycles. The number of nitrogens with one attached hydrogen (secondary N) is 2. The second-order valence-corrected chi connectivity index (χ2v) is 3.52. The summed E-state index contributed by atoms with van der Waals surface area (Å²) in [5.41, 5.74) is 2.14. The summed E-state index contributed by atoms with van der Waals surface area (Å²) in [6.45, 7) is 5.73. The Morgan fingerprint density at radius 2 is 2.25 bits per heavy atom. The van der Waals surface area contributed by atoms with Crippen LogP contribution in [0.3, 0.4) is 0 Å². The molecular weight excluding hydrogens is 202 g/mol. The zero-order chi connectivity index (χ0) is 11.8. The summed E-state index contributed by atoms with van der Waals surface area (Å²) < 4.78 is 0.